The van der Waals surface area contributed by atoms with Gasteiger partial charge in [0.15, 0.2) is 6.61 Å². The number of hydrogen-bond donors (Lipinski definition) is 0. The molecular weight excluding hydrogens is 564 g/mol. The zero-order valence-corrected chi connectivity index (χ0v) is 18.5. The molecule has 37 heavy (non-hydrogen) atoms. The summed E-state index contributed by atoms with van der Waals surface area (Å²) in [5.74, 6) is -57.1. The van der Waals surface area contributed by atoms with Crippen molar-refractivity contribution in [1.29, 1.82) is 0 Å². The van der Waals surface area contributed by atoms with Crippen molar-refractivity contribution in [3.8, 4) is 0 Å². The van der Waals surface area contributed by atoms with E-state index in [1.807, 2.05) is 6.92 Å². The third-order valence-corrected chi connectivity index (χ3v) is 6.14. The molecule has 18 heteroatoms. The molecule has 0 aromatic heterocycles. The lowest BCUT2D eigenvalue weighted by molar-refractivity contribution is -0.447. The van der Waals surface area contributed by atoms with Crippen LogP contribution in [0.4, 0.5) is 70.2 Å². The van der Waals surface area contributed by atoms with Gasteiger partial charge in [0.25, 0.3) is 0 Å². The van der Waals surface area contributed by atoms with Crippen LogP contribution < -0.4 is 0 Å². The predicted molar refractivity (Wildman–Crippen MR) is 91.9 cm³/mol. The van der Waals surface area contributed by atoms with Gasteiger partial charge in [-0.3, -0.25) is 4.79 Å². The van der Waals surface area contributed by atoms with Gasteiger partial charge in [-0.1, -0.05) is 26.2 Å². The Hall–Kier alpha value is -1.65. The van der Waals surface area contributed by atoms with E-state index in [0.717, 1.165) is 6.42 Å². The Morgan fingerprint density at radius 1 is 0.676 bits per heavy atom. The fourth-order valence-corrected chi connectivity index (χ4v) is 3.57. The van der Waals surface area contributed by atoms with E-state index in [0.29, 0.717) is 25.7 Å². The van der Waals surface area contributed by atoms with Gasteiger partial charge in [0, 0.05) is 6.42 Å². The summed E-state index contributed by atoms with van der Waals surface area (Å²) in [6.45, 7) is -1.26. The Balaban J connectivity index is 3.13. The van der Waals surface area contributed by atoms with Gasteiger partial charge in [-0.2, -0.15) is 61.5 Å². The van der Waals surface area contributed by atoms with E-state index >= 15 is 0 Å². The highest BCUT2D eigenvalue weighted by Gasteiger charge is 2.93. The number of ether oxygens (including phenoxy) is 1. The van der Waals surface area contributed by atoms with Crippen LogP contribution in [0.1, 0.15) is 45.4 Å². The van der Waals surface area contributed by atoms with E-state index in [2.05, 4.69) is 4.74 Å². The molecule has 0 N–H and O–H groups in total. The normalized spacial score (nSPS) is 21.4. The van der Waals surface area contributed by atoms with Crippen LogP contribution in [0.5, 0.6) is 0 Å². The number of rotatable bonds is 12. The maximum atomic E-state index is 13.8. The standard InChI is InChI=1S/C19H20F16O2/c1-2-9-3-5-10(6-4-9)7-11(36)37-8-13(22,23)15(26,27)17(30,31)19(34,35)18(32,33)16(28,29)14(24,25)12(20)21/h9-10,12H,2-8H2,1H3/t9-,10-. The largest absolute Gasteiger partial charge is 0.459 e. The Kier molecular flexibility index (Phi) is 9.46. The van der Waals surface area contributed by atoms with Crippen LogP contribution in [0, 0.1) is 11.8 Å². The van der Waals surface area contributed by atoms with Crippen molar-refractivity contribution >= 4 is 5.97 Å². The van der Waals surface area contributed by atoms with E-state index in [9.17, 15) is 75.0 Å². The van der Waals surface area contributed by atoms with Gasteiger partial charge in [0.1, 0.15) is 0 Å². The number of alkyl halides is 16. The first-order valence-electron chi connectivity index (χ1n) is 10.4. The van der Waals surface area contributed by atoms with Crippen LogP contribution in [-0.4, -0.2) is 60.5 Å². The predicted octanol–water partition coefficient (Wildman–Crippen LogP) is 7.85. The molecule has 220 valence electrons. The minimum atomic E-state index is -8.46. The second-order valence-corrected chi connectivity index (χ2v) is 8.66. The molecule has 0 aliphatic heterocycles. The summed E-state index contributed by atoms with van der Waals surface area (Å²) in [7, 11) is 0. The summed E-state index contributed by atoms with van der Waals surface area (Å²) >= 11 is 0. The number of hydrogen-bond acceptors (Lipinski definition) is 2. The number of carbonyl (C=O) groups excluding carboxylic acids is 1. The van der Waals surface area contributed by atoms with Crippen molar-refractivity contribution in [3.63, 3.8) is 0 Å². The Bertz CT molecular complexity index is 787. The van der Waals surface area contributed by atoms with Gasteiger partial charge in [-0.25, -0.2) is 8.78 Å². The van der Waals surface area contributed by atoms with Crippen LogP contribution in [0.3, 0.4) is 0 Å². The summed E-state index contributed by atoms with van der Waals surface area (Å²) in [4.78, 5) is 11.6. The van der Waals surface area contributed by atoms with Crippen molar-refractivity contribution in [3.05, 3.63) is 0 Å². The topological polar surface area (TPSA) is 26.3 Å². The molecule has 0 bridgehead atoms. The molecule has 1 aliphatic carbocycles. The minimum Gasteiger partial charge on any atom is -0.459 e. The van der Waals surface area contributed by atoms with Gasteiger partial charge < -0.3 is 4.74 Å². The van der Waals surface area contributed by atoms with Gasteiger partial charge in [0.05, 0.1) is 0 Å². The summed E-state index contributed by atoms with van der Waals surface area (Å²) in [6.07, 6.45) is -3.91. The van der Waals surface area contributed by atoms with E-state index in [1.165, 1.54) is 0 Å². The first kappa shape index (κ1) is 33.4. The van der Waals surface area contributed by atoms with Crippen molar-refractivity contribution in [2.75, 3.05) is 6.61 Å². The fourth-order valence-electron chi connectivity index (χ4n) is 3.57. The summed E-state index contributed by atoms with van der Waals surface area (Å²) in [5, 5.41) is 0. The second kappa shape index (κ2) is 10.5. The van der Waals surface area contributed by atoms with Crippen molar-refractivity contribution in [1.82, 2.24) is 0 Å². The third-order valence-electron chi connectivity index (χ3n) is 6.14. The van der Waals surface area contributed by atoms with Crippen molar-refractivity contribution in [2.24, 2.45) is 11.8 Å². The molecule has 0 unspecified atom stereocenters. The van der Waals surface area contributed by atoms with Gasteiger partial charge in [-0.05, 0) is 24.7 Å². The third kappa shape index (κ3) is 5.57. The van der Waals surface area contributed by atoms with Crippen molar-refractivity contribution < 1.29 is 79.8 Å². The quantitative estimate of drug-likeness (QED) is 0.173. The van der Waals surface area contributed by atoms with E-state index in [1.54, 1.807) is 0 Å². The van der Waals surface area contributed by atoms with Crippen molar-refractivity contribution in [2.45, 2.75) is 93.3 Å². The van der Waals surface area contributed by atoms with E-state index in [-0.39, 0.29) is 5.92 Å². The molecule has 1 saturated carbocycles. The first-order valence-corrected chi connectivity index (χ1v) is 10.4. The SMILES string of the molecule is CC[C@H]1CC[C@H](CC(=O)OCC(F)(F)C(F)(F)C(F)(F)C(F)(F)C(F)(F)C(F)(F)C(F)(F)C(F)F)CC1. The molecule has 0 aromatic rings. The molecule has 0 atom stereocenters. The average Bonchev–Trinajstić information content (AvgIpc) is 2.77. The molecule has 0 saturated heterocycles. The highest BCUT2D eigenvalue weighted by Crippen LogP contribution is 2.62. The van der Waals surface area contributed by atoms with Crippen LogP contribution in [0.15, 0.2) is 0 Å². The fraction of sp³-hybridized carbons (Fsp3) is 0.947. The lowest BCUT2D eigenvalue weighted by Gasteiger charge is -2.42. The maximum Gasteiger partial charge on any atom is 0.385 e. The summed E-state index contributed by atoms with van der Waals surface area (Å²) < 4.78 is 216. The zero-order valence-electron chi connectivity index (χ0n) is 18.5. The molecule has 1 aliphatic rings. The highest BCUT2D eigenvalue weighted by atomic mass is 19.4. The zero-order chi connectivity index (χ0) is 29.5. The molecule has 0 radical (unpaired) electrons. The van der Waals surface area contributed by atoms with Crippen LogP contribution in [-0.2, 0) is 9.53 Å². The van der Waals surface area contributed by atoms with Crippen LogP contribution >= 0.6 is 0 Å². The first-order chi connectivity index (χ1) is 16.3. The number of carbonyl (C=O) groups is 1. The molecule has 0 amide bonds. The molecule has 0 aromatic carbocycles. The van der Waals surface area contributed by atoms with E-state index in [4.69, 9.17) is 0 Å². The lowest BCUT2D eigenvalue weighted by atomic mass is 9.79. The Labute approximate surface area is 198 Å². The van der Waals surface area contributed by atoms with Crippen LogP contribution in [0.2, 0.25) is 0 Å². The molecule has 2 nitrogen and oxygen atoms in total. The van der Waals surface area contributed by atoms with Crippen LogP contribution in [0.25, 0.3) is 0 Å². The maximum absolute atomic E-state index is 13.8. The highest BCUT2D eigenvalue weighted by molar-refractivity contribution is 5.69. The summed E-state index contributed by atoms with van der Waals surface area (Å²) in [6, 6.07) is 0. The Morgan fingerprint density at radius 2 is 1.05 bits per heavy atom. The molecule has 1 fully saturated rings. The van der Waals surface area contributed by atoms with Gasteiger partial charge >= 0.3 is 53.9 Å². The number of halogens is 16. The molecule has 0 heterocycles. The van der Waals surface area contributed by atoms with Gasteiger partial charge in [0.2, 0.25) is 0 Å². The molecule has 1 rings (SSSR count). The lowest BCUT2D eigenvalue weighted by Crippen LogP contribution is -2.74. The molecule has 0 spiro atoms. The van der Waals surface area contributed by atoms with E-state index < -0.39 is 72.8 Å². The second-order valence-electron chi connectivity index (χ2n) is 8.66. The Morgan fingerprint density at radius 3 is 1.46 bits per heavy atom. The average molecular weight is 584 g/mol. The molecular formula is C19H20F16O2. The smallest absolute Gasteiger partial charge is 0.385 e. The monoisotopic (exact) mass is 584 g/mol. The van der Waals surface area contributed by atoms with Gasteiger partial charge in [-0.15, -0.1) is 0 Å². The number of esters is 1. The summed E-state index contributed by atoms with van der Waals surface area (Å²) in [5.41, 5.74) is 0. The minimum absolute atomic E-state index is 0.283.